The number of benzene rings is 2. The van der Waals surface area contributed by atoms with E-state index in [2.05, 4.69) is 20.4 Å². The van der Waals surface area contributed by atoms with Crippen LogP contribution >= 0.6 is 11.3 Å². The van der Waals surface area contributed by atoms with E-state index in [0.717, 1.165) is 17.0 Å². The van der Waals surface area contributed by atoms with Crippen molar-refractivity contribution in [2.24, 2.45) is 0 Å². The van der Waals surface area contributed by atoms with Crippen molar-refractivity contribution in [2.45, 2.75) is 25.1 Å². The van der Waals surface area contributed by atoms with Gasteiger partial charge in [-0.05, 0) is 49.2 Å². The Hall–Kier alpha value is -3.80. The lowest BCUT2D eigenvalue weighted by atomic mass is 10.1. The second-order valence-electron chi connectivity index (χ2n) is 7.54. The van der Waals surface area contributed by atoms with Gasteiger partial charge in [-0.2, -0.15) is 0 Å². The molecule has 2 aromatic carbocycles. The number of nitrogens with one attached hydrogen (secondary N) is 2. The number of aryl methyl sites for hydroxylation is 1. The highest BCUT2D eigenvalue weighted by molar-refractivity contribution is 7.16. The summed E-state index contributed by atoms with van der Waals surface area (Å²) in [6, 6.07) is 9.67. The van der Waals surface area contributed by atoms with E-state index in [-0.39, 0.29) is 11.7 Å². The van der Waals surface area contributed by atoms with Crippen molar-refractivity contribution in [1.82, 2.24) is 4.98 Å². The summed E-state index contributed by atoms with van der Waals surface area (Å²) in [6.07, 6.45) is -3.63. The summed E-state index contributed by atoms with van der Waals surface area (Å²) >= 11 is 1.29. The summed E-state index contributed by atoms with van der Waals surface area (Å²) in [5.41, 5.74) is 1.22. The molecule has 184 valence electrons. The first-order valence-corrected chi connectivity index (χ1v) is 11.2. The van der Waals surface area contributed by atoms with Crippen LogP contribution in [0.4, 0.5) is 24.0 Å². The molecule has 1 aliphatic rings. The molecule has 2 N–H and O–H groups in total. The van der Waals surface area contributed by atoms with Gasteiger partial charge in [0.1, 0.15) is 17.2 Å². The van der Waals surface area contributed by atoms with E-state index < -0.39 is 18.2 Å². The SMILES string of the molecule is COc1cc(OC)cc(C(=O)Nc2nc3c(s2)CCC3C(=O)Nc2ccc(OC(F)(F)F)cc2)c1. The van der Waals surface area contributed by atoms with Gasteiger partial charge in [-0.25, -0.2) is 4.98 Å². The van der Waals surface area contributed by atoms with Crippen molar-refractivity contribution >= 4 is 34.0 Å². The van der Waals surface area contributed by atoms with E-state index in [9.17, 15) is 22.8 Å². The number of amides is 2. The molecule has 1 unspecified atom stereocenters. The standard InChI is InChI=1S/C23H20F3N3O5S/c1-32-15-9-12(10-16(11-15)33-2)20(30)29-22-28-19-17(7-8-18(19)35-22)21(31)27-13-3-5-14(6-4-13)34-23(24,25)26/h3-6,9-11,17H,7-8H2,1-2H3,(H,27,31)(H,28,29,30). The quantitative estimate of drug-likeness (QED) is 0.468. The third-order valence-electron chi connectivity index (χ3n) is 5.22. The molecular weight excluding hydrogens is 487 g/mol. The second kappa shape index (κ2) is 9.82. The molecule has 1 heterocycles. The first kappa shape index (κ1) is 24.3. The molecule has 35 heavy (non-hydrogen) atoms. The number of aromatic nitrogens is 1. The number of hydrogen-bond donors (Lipinski definition) is 2. The van der Waals surface area contributed by atoms with Crippen LogP contribution in [0.3, 0.4) is 0 Å². The number of methoxy groups -OCH3 is 2. The van der Waals surface area contributed by atoms with Crippen LogP contribution in [0.5, 0.6) is 17.2 Å². The summed E-state index contributed by atoms with van der Waals surface area (Å²) in [5.74, 6) is -0.746. The van der Waals surface area contributed by atoms with Crippen molar-refractivity contribution in [3.05, 3.63) is 58.6 Å². The molecule has 1 atom stereocenters. The van der Waals surface area contributed by atoms with E-state index in [4.69, 9.17) is 9.47 Å². The van der Waals surface area contributed by atoms with E-state index in [1.807, 2.05) is 0 Å². The van der Waals surface area contributed by atoms with Gasteiger partial charge in [-0.15, -0.1) is 24.5 Å². The van der Waals surface area contributed by atoms with Gasteiger partial charge in [0.25, 0.3) is 5.91 Å². The third-order valence-corrected chi connectivity index (χ3v) is 6.27. The maximum atomic E-state index is 12.8. The zero-order valence-electron chi connectivity index (χ0n) is 18.6. The Kier molecular flexibility index (Phi) is 6.83. The Balaban J connectivity index is 1.43. The van der Waals surface area contributed by atoms with E-state index in [1.165, 1.54) is 37.7 Å². The van der Waals surface area contributed by atoms with Crippen LogP contribution in [0.25, 0.3) is 0 Å². The maximum Gasteiger partial charge on any atom is 0.573 e. The first-order valence-electron chi connectivity index (χ1n) is 10.4. The van der Waals surface area contributed by atoms with Crippen LogP contribution in [0.2, 0.25) is 0 Å². The first-order chi connectivity index (χ1) is 16.6. The highest BCUT2D eigenvalue weighted by atomic mass is 32.1. The maximum absolute atomic E-state index is 12.8. The fourth-order valence-electron chi connectivity index (χ4n) is 3.61. The van der Waals surface area contributed by atoms with Crippen LogP contribution in [-0.2, 0) is 11.2 Å². The molecule has 2 amide bonds. The minimum absolute atomic E-state index is 0.323. The van der Waals surface area contributed by atoms with Crippen LogP contribution in [0.15, 0.2) is 42.5 Å². The zero-order chi connectivity index (χ0) is 25.2. The Morgan fingerprint density at radius 3 is 2.26 bits per heavy atom. The van der Waals surface area contributed by atoms with Gasteiger partial charge in [-0.3, -0.25) is 14.9 Å². The topological polar surface area (TPSA) is 98.8 Å². The molecule has 4 rings (SSSR count). The molecule has 1 aliphatic carbocycles. The zero-order valence-corrected chi connectivity index (χ0v) is 19.4. The van der Waals surface area contributed by atoms with Crippen molar-refractivity contribution in [3.63, 3.8) is 0 Å². The van der Waals surface area contributed by atoms with Crippen LogP contribution in [-0.4, -0.2) is 37.4 Å². The Labute approximate surface area is 202 Å². The van der Waals surface area contributed by atoms with Gasteiger partial charge in [0.2, 0.25) is 5.91 Å². The van der Waals surface area contributed by atoms with Crippen molar-refractivity contribution < 1.29 is 37.0 Å². The Morgan fingerprint density at radius 1 is 1.00 bits per heavy atom. The molecule has 0 fully saturated rings. The fourth-order valence-corrected chi connectivity index (χ4v) is 4.65. The average molecular weight is 507 g/mol. The van der Waals surface area contributed by atoms with Crippen LogP contribution < -0.4 is 24.8 Å². The summed E-state index contributed by atoms with van der Waals surface area (Å²) < 4.78 is 51.1. The summed E-state index contributed by atoms with van der Waals surface area (Å²) in [6.45, 7) is 0. The number of halogens is 3. The minimum atomic E-state index is -4.79. The second-order valence-corrected chi connectivity index (χ2v) is 8.62. The van der Waals surface area contributed by atoms with Crippen molar-refractivity contribution in [2.75, 3.05) is 24.9 Å². The number of hydrogen-bond acceptors (Lipinski definition) is 7. The van der Waals surface area contributed by atoms with Crippen LogP contribution in [0, 0.1) is 0 Å². The molecule has 0 bridgehead atoms. The highest BCUT2D eigenvalue weighted by Crippen LogP contribution is 2.39. The number of nitrogens with zero attached hydrogens (tertiary/aromatic N) is 1. The number of carbonyl (C=O) groups excluding carboxylic acids is 2. The lowest BCUT2D eigenvalue weighted by Gasteiger charge is -2.12. The molecule has 0 spiro atoms. The minimum Gasteiger partial charge on any atom is -0.497 e. The third kappa shape index (κ3) is 5.83. The smallest absolute Gasteiger partial charge is 0.497 e. The van der Waals surface area contributed by atoms with Gasteiger partial charge < -0.3 is 19.5 Å². The van der Waals surface area contributed by atoms with Crippen molar-refractivity contribution in [1.29, 1.82) is 0 Å². The molecule has 8 nitrogen and oxygen atoms in total. The number of fused-ring (bicyclic) bond motifs is 1. The Bertz CT molecular complexity index is 1220. The molecule has 3 aromatic rings. The van der Waals surface area contributed by atoms with Gasteiger partial charge in [0.15, 0.2) is 5.13 Å². The van der Waals surface area contributed by atoms with Crippen LogP contribution in [0.1, 0.15) is 33.3 Å². The number of thiazole rings is 1. The average Bonchev–Trinajstić information content (AvgIpc) is 3.39. The molecule has 1 aromatic heterocycles. The van der Waals surface area contributed by atoms with E-state index >= 15 is 0 Å². The monoisotopic (exact) mass is 507 g/mol. The predicted octanol–water partition coefficient (Wildman–Crippen LogP) is 4.98. The Morgan fingerprint density at radius 2 is 1.66 bits per heavy atom. The molecule has 12 heteroatoms. The molecular formula is C23H20F3N3O5S. The lowest BCUT2D eigenvalue weighted by molar-refractivity contribution is -0.274. The number of carbonyl (C=O) groups is 2. The van der Waals surface area contributed by atoms with Gasteiger partial charge in [0, 0.05) is 22.2 Å². The predicted molar refractivity (Wildman–Crippen MR) is 122 cm³/mol. The normalized spacial score (nSPS) is 14.7. The van der Waals surface area contributed by atoms with Gasteiger partial charge >= 0.3 is 6.36 Å². The largest absolute Gasteiger partial charge is 0.573 e. The number of anilines is 2. The molecule has 0 saturated carbocycles. The van der Waals surface area contributed by atoms with Gasteiger partial charge in [-0.1, -0.05) is 0 Å². The summed E-state index contributed by atoms with van der Waals surface area (Å²) in [7, 11) is 2.97. The number of alkyl halides is 3. The highest BCUT2D eigenvalue weighted by Gasteiger charge is 2.33. The molecule has 0 radical (unpaired) electrons. The van der Waals surface area contributed by atoms with Crippen molar-refractivity contribution in [3.8, 4) is 17.2 Å². The van der Waals surface area contributed by atoms with E-state index in [1.54, 1.807) is 18.2 Å². The van der Waals surface area contributed by atoms with Gasteiger partial charge in [0.05, 0.1) is 25.8 Å². The molecule has 0 saturated heterocycles. The van der Waals surface area contributed by atoms with E-state index in [0.29, 0.717) is 46.4 Å². The molecule has 0 aliphatic heterocycles. The summed E-state index contributed by atoms with van der Waals surface area (Å²) in [4.78, 5) is 30.9. The fraction of sp³-hybridized carbons (Fsp3) is 0.261. The number of ether oxygens (including phenoxy) is 3. The number of rotatable bonds is 7. The summed E-state index contributed by atoms with van der Waals surface area (Å²) in [5, 5.41) is 5.79. The lowest BCUT2D eigenvalue weighted by Crippen LogP contribution is -2.20.